The van der Waals surface area contributed by atoms with E-state index in [-0.39, 0.29) is 6.54 Å². The summed E-state index contributed by atoms with van der Waals surface area (Å²) >= 11 is 0. The zero-order valence-electron chi connectivity index (χ0n) is 11.9. The number of hydrogen-bond donors (Lipinski definition) is 2. The van der Waals surface area contributed by atoms with Crippen LogP contribution in [0.5, 0.6) is 0 Å². The van der Waals surface area contributed by atoms with Crippen molar-refractivity contribution in [3.8, 4) is 0 Å². The maximum absolute atomic E-state index is 13.7. The van der Waals surface area contributed by atoms with Gasteiger partial charge in [0.25, 0.3) is 0 Å². The van der Waals surface area contributed by atoms with E-state index in [2.05, 4.69) is 4.72 Å². The van der Waals surface area contributed by atoms with Gasteiger partial charge in [-0.2, -0.15) is 0 Å². The molecule has 0 heterocycles. The smallest absolute Gasteiger partial charge is 0.244 e. The van der Waals surface area contributed by atoms with Crippen molar-refractivity contribution in [3.05, 3.63) is 29.8 Å². The van der Waals surface area contributed by atoms with E-state index >= 15 is 0 Å². The number of benzene rings is 1. The Labute approximate surface area is 123 Å². The zero-order valence-corrected chi connectivity index (χ0v) is 12.7. The number of nitrogens with two attached hydrogens (primary N) is 1. The van der Waals surface area contributed by atoms with Crippen molar-refractivity contribution < 1.29 is 17.2 Å². The number of hydrogen-bond acceptors (Lipinski definition) is 3. The fraction of sp³-hybridized carbons (Fsp3) is 0.571. The third-order valence-corrected chi connectivity index (χ3v) is 5.61. The van der Waals surface area contributed by atoms with Gasteiger partial charge in [0.05, 0.1) is 0 Å². The molecular weight excluding hydrogens is 298 g/mol. The Kier molecular flexibility index (Phi) is 4.65. The summed E-state index contributed by atoms with van der Waals surface area (Å²) in [7, 11) is -4.15. The van der Waals surface area contributed by atoms with Crippen LogP contribution in [0.15, 0.2) is 23.1 Å². The first-order valence-corrected chi connectivity index (χ1v) is 8.45. The molecule has 0 radical (unpaired) electrons. The molecule has 1 aromatic carbocycles. The molecule has 7 heteroatoms. The highest BCUT2D eigenvalue weighted by Crippen LogP contribution is 2.33. The van der Waals surface area contributed by atoms with Crippen LogP contribution in [0.2, 0.25) is 0 Å². The van der Waals surface area contributed by atoms with Gasteiger partial charge in [0.2, 0.25) is 10.0 Å². The Morgan fingerprint density at radius 1 is 1.43 bits per heavy atom. The molecular formula is C14H20F2N2O2S. The van der Waals surface area contributed by atoms with E-state index < -0.39 is 32.1 Å². The molecule has 2 rings (SSSR count). The minimum absolute atomic E-state index is 0.132. The van der Waals surface area contributed by atoms with Gasteiger partial charge in [-0.05, 0) is 37.0 Å². The lowest BCUT2D eigenvalue weighted by Gasteiger charge is -2.39. The number of nitrogens with one attached hydrogen (secondary N) is 1. The third kappa shape index (κ3) is 3.59. The van der Waals surface area contributed by atoms with Crippen LogP contribution in [0.25, 0.3) is 0 Å². The van der Waals surface area contributed by atoms with E-state index in [9.17, 15) is 17.2 Å². The van der Waals surface area contributed by atoms with Crippen molar-refractivity contribution in [3.63, 3.8) is 0 Å². The summed E-state index contributed by atoms with van der Waals surface area (Å²) in [5.74, 6) is -1.43. The van der Waals surface area contributed by atoms with Gasteiger partial charge >= 0.3 is 0 Å². The first-order valence-electron chi connectivity index (χ1n) is 6.97. The Morgan fingerprint density at radius 3 is 2.76 bits per heavy atom. The molecule has 1 fully saturated rings. The molecule has 2 unspecified atom stereocenters. The highest BCUT2D eigenvalue weighted by molar-refractivity contribution is 7.89. The highest BCUT2D eigenvalue weighted by atomic mass is 32.2. The second kappa shape index (κ2) is 5.98. The molecule has 4 nitrogen and oxygen atoms in total. The molecule has 0 aromatic heterocycles. The largest absolute Gasteiger partial charge is 0.329 e. The van der Waals surface area contributed by atoms with Gasteiger partial charge in [-0.25, -0.2) is 21.9 Å². The van der Waals surface area contributed by atoms with Crippen molar-refractivity contribution in [1.29, 1.82) is 0 Å². The summed E-state index contributed by atoms with van der Waals surface area (Å²) in [6.07, 6.45) is 3.06. The fourth-order valence-electron chi connectivity index (χ4n) is 3.00. The maximum Gasteiger partial charge on any atom is 0.244 e. The van der Waals surface area contributed by atoms with Crippen molar-refractivity contribution in [2.75, 3.05) is 6.54 Å². The highest BCUT2D eigenvalue weighted by Gasteiger charge is 2.38. The van der Waals surface area contributed by atoms with E-state index in [1.54, 1.807) is 0 Å². The fourth-order valence-corrected chi connectivity index (χ4v) is 4.54. The zero-order chi connectivity index (χ0) is 15.7. The van der Waals surface area contributed by atoms with Gasteiger partial charge in [-0.15, -0.1) is 0 Å². The van der Waals surface area contributed by atoms with Gasteiger partial charge in [-0.3, -0.25) is 0 Å². The summed E-state index contributed by atoms with van der Waals surface area (Å²) in [5, 5.41) is 0. The second-order valence-electron chi connectivity index (χ2n) is 5.87. The lowest BCUT2D eigenvalue weighted by Crippen LogP contribution is -2.55. The quantitative estimate of drug-likeness (QED) is 0.893. The molecule has 1 aliphatic carbocycles. The molecule has 118 valence electrons. The minimum atomic E-state index is -4.15. The topological polar surface area (TPSA) is 72.2 Å². The summed E-state index contributed by atoms with van der Waals surface area (Å²) in [4.78, 5) is -0.673. The monoisotopic (exact) mass is 318 g/mol. The molecule has 0 spiro atoms. The van der Waals surface area contributed by atoms with Crippen LogP contribution in [-0.2, 0) is 10.0 Å². The third-order valence-electron chi connectivity index (χ3n) is 4.02. The van der Waals surface area contributed by atoms with Crippen molar-refractivity contribution in [2.24, 2.45) is 11.7 Å². The average Bonchev–Trinajstić information content (AvgIpc) is 2.41. The summed E-state index contributed by atoms with van der Waals surface area (Å²) in [6, 6.07) is 2.38. The standard InChI is InChI=1S/C14H20F2N2O2S/c1-10-3-2-6-14(8-10,9-17)18-21(19,20)13-7-11(15)4-5-12(13)16/h4-5,7,10,18H,2-3,6,8-9,17H2,1H3. The molecule has 1 aromatic rings. The summed E-state index contributed by atoms with van der Waals surface area (Å²) in [5.41, 5.74) is 4.98. The summed E-state index contributed by atoms with van der Waals surface area (Å²) in [6.45, 7) is 2.16. The van der Waals surface area contributed by atoms with Crippen LogP contribution in [0.1, 0.15) is 32.6 Å². The van der Waals surface area contributed by atoms with Crippen molar-refractivity contribution >= 4 is 10.0 Å². The summed E-state index contributed by atoms with van der Waals surface area (Å²) < 4.78 is 54.2. The molecule has 2 atom stereocenters. The SMILES string of the molecule is CC1CCCC(CN)(NS(=O)(=O)c2cc(F)ccc2F)C1. The van der Waals surface area contributed by atoms with Crippen LogP contribution in [0, 0.1) is 17.6 Å². The van der Waals surface area contributed by atoms with Gasteiger partial charge in [-0.1, -0.05) is 19.8 Å². The van der Waals surface area contributed by atoms with E-state index in [0.717, 1.165) is 25.0 Å². The first kappa shape index (κ1) is 16.3. The lowest BCUT2D eigenvalue weighted by atomic mass is 9.77. The van der Waals surface area contributed by atoms with Crippen LogP contribution < -0.4 is 10.5 Å². The van der Waals surface area contributed by atoms with Crippen molar-refractivity contribution in [1.82, 2.24) is 4.72 Å². The Hall–Kier alpha value is -1.05. The van der Waals surface area contributed by atoms with Crippen LogP contribution >= 0.6 is 0 Å². The number of rotatable bonds is 4. The predicted molar refractivity (Wildman–Crippen MR) is 76.1 cm³/mol. The van der Waals surface area contributed by atoms with E-state index in [1.165, 1.54) is 0 Å². The van der Waals surface area contributed by atoms with Gasteiger partial charge in [0.15, 0.2) is 0 Å². The van der Waals surface area contributed by atoms with Crippen LogP contribution in [0.4, 0.5) is 8.78 Å². The van der Waals surface area contributed by atoms with Crippen LogP contribution in [0.3, 0.4) is 0 Å². The number of sulfonamides is 1. The van der Waals surface area contributed by atoms with E-state index in [4.69, 9.17) is 5.73 Å². The maximum atomic E-state index is 13.7. The normalized spacial score (nSPS) is 26.8. The lowest BCUT2D eigenvalue weighted by molar-refractivity contribution is 0.222. The number of halogens is 2. The van der Waals surface area contributed by atoms with E-state index in [1.807, 2.05) is 6.92 Å². The Morgan fingerprint density at radius 2 is 2.14 bits per heavy atom. The van der Waals surface area contributed by atoms with Gasteiger partial charge < -0.3 is 5.73 Å². The average molecular weight is 318 g/mol. The molecule has 0 bridgehead atoms. The van der Waals surface area contributed by atoms with E-state index in [0.29, 0.717) is 24.8 Å². The molecule has 3 N–H and O–H groups in total. The van der Waals surface area contributed by atoms with Gasteiger partial charge in [0.1, 0.15) is 16.5 Å². The predicted octanol–water partition coefficient (Wildman–Crippen LogP) is 2.15. The second-order valence-corrected chi connectivity index (χ2v) is 7.52. The molecule has 0 saturated heterocycles. The molecule has 1 aliphatic rings. The molecule has 0 aliphatic heterocycles. The molecule has 1 saturated carbocycles. The Balaban J connectivity index is 2.33. The van der Waals surface area contributed by atoms with Crippen LogP contribution in [-0.4, -0.2) is 20.5 Å². The minimum Gasteiger partial charge on any atom is -0.329 e. The molecule has 0 amide bonds. The van der Waals surface area contributed by atoms with Gasteiger partial charge in [0, 0.05) is 12.1 Å². The van der Waals surface area contributed by atoms with Crippen molar-refractivity contribution in [2.45, 2.75) is 43.0 Å². The Bertz CT molecular complexity index is 621. The molecule has 21 heavy (non-hydrogen) atoms. The first-order chi connectivity index (χ1) is 9.78.